The van der Waals surface area contributed by atoms with Crippen molar-refractivity contribution in [3.05, 3.63) is 28.8 Å². The van der Waals surface area contributed by atoms with E-state index in [-0.39, 0.29) is 23.9 Å². The highest BCUT2D eigenvalue weighted by molar-refractivity contribution is 6.32. The zero-order valence-corrected chi connectivity index (χ0v) is 8.62. The van der Waals surface area contributed by atoms with E-state index in [0.29, 0.717) is 5.56 Å². The van der Waals surface area contributed by atoms with Crippen LogP contribution in [0.3, 0.4) is 0 Å². The van der Waals surface area contributed by atoms with E-state index >= 15 is 0 Å². The number of hydrogen-bond donors (Lipinski definition) is 3. The monoisotopic (exact) mass is 230 g/mol. The third-order valence-electron chi connectivity index (χ3n) is 1.65. The Hall–Kier alpha value is -1.30. The quantitative estimate of drug-likeness (QED) is 0.510. The fourth-order valence-corrected chi connectivity index (χ4v) is 1.15. The summed E-state index contributed by atoms with van der Waals surface area (Å²) in [6, 6.07) is 4.96. The molecule has 4 N–H and O–H groups in total. The van der Waals surface area contributed by atoms with Gasteiger partial charge < -0.3 is 10.8 Å². The highest BCUT2D eigenvalue weighted by atomic mass is 35.5. The Morgan fingerprint density at radius 2 is 2.33 bits per heavy atom. The van der Waals surface area contributed by atoms with Gasteiger partial charge in [0.1, 0.15) is 12.4 Å². The summed E-state index contributed by atoms with van der Waals surface area (Å²) in [7, 11) is 0. The molecule has 1 rings (SSSR count). The van der Waals surface area contributed by atoms with Crippen molar-refractivity contribution >= 4 is 17.5 Å². The average molecular weight is 231 g/mol. The van der Waals surface area contributed by atoms with Crippen LogP contribution in [0.2, 0.25) is 5.02 Å². The minimum atomic E-state index is -0.571. The molecule has 0 saturated carbocycles. The summed E-state index contributed by atoms with van der Waals surface area (Å²) in [4.78, 5) is 15.0. The molecule has 82 valence electrons. The maximum absolute atomic E-state index is 10.3. The predicted molar refractivity (Wildman–Crippen MR) is 55.1 cm³/mol. The number of carbonyl (C=O) groups excluding carboxylic acids is 1. The van der Waals surface area contributed by atoms with E-state index in [1.165, 1.54) is 0 Å². The van der Waals surface area contributed by atoms with Crippen molar-refractivity contribution in [2.75, 3.05) is 6.61 Å². The first-order valence-electron chi connectivity index (χ1n) is 4.20. The van der Waals surface area contributed by atoms with Crippen LogP contribution in [-0.2, 0) is 16.2 Å². The second-order valence-electron chi connectivity index (χ2n) is 2.82. The second kappa shape index (κ2) is 5.55. The van der Waals surface area contributed by atoms with Crippen LogP contribution in [0, 0.1) is 0 Å². The number of primary amides is 1. The molecule has 0 fully saturated rings. The number of rotatable bonds is 5. The lowest BCUT2D eigenvalue weighted by Gasteiger charge is -2.06. The second-order valence-corrected chi connectivity index (χ2v) is 3.23. The number of carbonyl (C=O) groups is 1. The number of nitrogens with one attached hydrogen (secondary N) is 1. The number of hydrogen-bond acceptors (Lipinski definition) is 4. The molecule has 1 aromatic rings. The van der Waals surface area contributed by atoms with Gasteiger partial charge in [0.15, 0.2) is 0 Å². The van der Waals surface area contributed by atoms with Crippen LogP contribution in [0.15, 0.2) is 18.2 Å². The van der Waals surface area contributed by atoms with Crippen LogP contribution in [0.5, 0.6) is 5.75 Å². The molecule has 0 aliphatic heterocycles. The summed E-state index contributed by atoms with van der Waals surface area (Å²) in [6.07, 6.45) is 0. The lowest BCUT2D eigenvalue weighted by atomic mass is 10.2. The summed E-state index contributed by atoms with van der Waals surface area (Å²) in [6.45, 7) is 0.0149. The van der Waals surface area contributed by atoms with Crippen molar-refractivity contribution < 1.29 is 14.7 Å². The van der Waals surface area contributed by atoms with Crippen molar-refractivity contribution in [1.29, 1.82) is 0 Å². The first-order valence-corrected chi connectivity index (χ1v) is 4.58. The Kier molecular flexibility index (Phi) is 4.36. The number of phenolic OH excluding ortho intramolecular Hbond substituents is 1. The van der Waals surface area contributed by atoms with Crippen LogP contribution in [0.4, 0.5) is 0 Å². The normalized spacial score (nSPS) is 10.2. The molecule has 5 nitrogen and oxygen atoms in total. The predicted octanol–water partition coefficient (Wildman–Crippen LogP) is 0.552. The average Bonchev–Trinajstić information content (AvgIpc) is 2.18. The summed E-state index contributed by atoms with van der Waals surface area (Å²) < 4.78 is 0. The van der Waals surface area contributed by atoms with E-state index in [0.717, 1.165) is 0 Å². The van der Waals surface area contributed by atoms with Gasteiger partial charge in [-0.1, -0.05) is 23.7 Å². The van der Waals surface area contributed by atoms with Gasteiger partial charge in [-0.25, -0.2) is 0 Å². The number of benzene rings is 1. The van der Waals surface area contributed by atoms with Gasteiger partial charge in [-0.2, -0.15) is 5.48 Å². The lowest BCUT2D eigenvalue weighted by Crippen LogP contribution is -2.24. The molecular weight excluding hydrogens is 220 g/mol. The third-order valence-corrected chi connectivity index (χ3v) is 1.95. The van der Waals surface area contributed by atoms with Crippen molar-refractivity contribution in [1.82, 2.24) is 5.48 Å². The zero-order chi connectivity index (χ0) is 11.3. The Balaban J connectivity index is 2.44. The van der Waals surface area contributed by atoms with Crippen molar-refractivity contribution in [3.8, 4) is 5.75 Å². The Morgan fingerprint density at radius 1 is 1.60 bits per heavy atom. The van der Waals surface area contributed by atoms with E-state index in [1.807, 2.05) is 0 Å². The minimum absolute atomic E-state index is 0.00524. The van der Waals surface area contributed by atoms with Gasteiger partial charge in [0, 0.05) is 12.1 Å². The van der Waals surface area contributed by atoms with Crippen LogP contribution >= 0.6 is 11.6 Å². The molecule has 0 heterocycles. The van der Waals surface area contributed by atoms with Gasteiger partial charge in [-0.05, 0) is 6.07 Å². The van der Waals surface area contributed by atoms with E-state index < -0.39 is 5.91 Å². The van der Waals surface area contributed by atoms with Crippen LogP contribution in [-0.4, -0.2) is 17.6 Å². The number of nitrogens with two attached hydrogens (primary N) is 1. The fourth-order valence-electron chi connectivity index (χ4n) is 0.954. The van der Waals surface area contributed by atoms with E-state index in [9.17, 15) is 9.90 Å². The van der Waals surface area contributed by atoms with Gasteiger partial charge in [-0.3, -0.25) is 9.63 Å². The van der Waals surface area contributed by atoms with Crippen molar-refractivity contribution in [3.63, 3.8) is 0 Å². The third kappa shape index (κ3) is 3.75. The van der Waals surface area contributed by atoms with Gasteiger partial charge >= 0.3 is 0 Å². The Labute approximate surface area is 91.7 Å². The maximum Gasteiger partial charge on any atom is 0.245 e. The number of para-hydroxylation sites is 1. The maximum atomic E-state index is 10.3. The number of halogens is 1. The van der Waals surface area contributed by atoms with Crippen LogP contribution < -0.4 is 11.2 Å². The van der Waals surface area contributed by atoms with Gasteiger partial charge in [-0.15, -0.1) is 0 Å². The van der Waals surface area contributed by atoms with E-state index in [1.54, 1.807) is 18.2 Å². The number of aromatic hydroxyl groups is 1. The van der Waals surface area contributed by atoms with Crippen molar-refractivity contribution in [2.45, 2.75) is 6.54 Å². The summed E-state index contributed by atoms with van der Waals surface area (Å²) >= 11 is 5.68. The molecule has 0 bridgehead atoms. The highest BCUT2D eigenvalue weighted by Crippen LogP contribution is 2.26. The summed E-state index contributed by atoms with van der Waals surface area (Å²) in [5, 5.41) is 9.75. The number of phenols is 1. The number of amides is 1. The van der Waals surface area contributed by atoms with Crippen LogP contribution in [0.1, 0.15) is 5.56 Å². The smallest absolute Gasteiger partial charge is 0.245 e. The Morgan fingerprint density at radius 3 is 3.00 bits per heavy atom. The minimum Gasteiger partial charge on any atom is -0.506 e. The fraction of sp³-hybridized carbons (Fsp3) is 0.222. The Bertz CT molecular complexity index is 357. The summed E-state index contributed by atoms with van der Waals surface area (Å²) in [5.74, 6) is -0.577. The molecule has 0 saturated heterocycles. The molecule has 0 unspecified atom stereocenters. The molecule has 0 spiro atoms. The molecule has 1 aromatic carbocycles. The molecule has 0 atom stereocenters. The molecule has 1 amide bonds. The topological polar surface area (TPSA) is 84.6 Å². The molecule has 0 aliphatic carbocycles. The summed E-state index contributed by atoms with van der Waals surface area (Å²) in [5.41, 5.74) is 7.91. The molecular formula is C9H11ClN2O3. The van der Waals surface area contributed by atoms with Gasteiger partial charge in [0.05, 0.1) is 5.02 Å². The highest BCUT2D eigenvalue weighted by Gasteiger charge is 2.04. The first-order chi connectivity index (χ1) is 7.11. The van der Waals surface area contributed by atoms with Gasteiger partial charge in [0.2, 0.25) is 5.91 Å². The van der Waals surface area contributed by atoms with Crippen molar-refractivity contribution in [2.24, 2.45) is 5.73 Å². The van der Waals surface area contributed by atoms with E-state index in [2.05, 4.69) is 5.48 Å². The number of hydroxylamine groups is 1. The zero-order valence-electron chi connectivity index (χ0n) is 7.87. The first kappa shape index (κ1) is 11.8. The molecule has 0 aliphatic rings. The molecule has 15 heavy (non-hydrogen) atoms. The molecule has 6 heteroatoms. The SMILES string of the molecule is NC(=O)CONCc1cccc(Cl)c1O. The molecule has 0 radical (unpaired) electrons. The lowest BCUT2D eigenvalue weighted by molar-refractivity contribution is -0.125. The standard InChI is InChI=1S/C9H11ClN2O3/c10-7-3-1-2-6(9(7)14)4-12-15-5-8(11)13/h1-3,12,14H,4-5H2,(H2,11,13). The van der Waals surface area contributed by atoms with Gasteiger partial charge in [0.25, 0.3) is 0 Å². The van der Waals surface area contributed by atoms with E-state index in [4.69, 9.17) is 22.2 Å². The largest absolute Gasteiger partial charge is 0.506 e. The molecule has 0 aromatic heterocycles. The van der Waals surface area contributed by atoms with Crippen LogP contribution in [0.25, 0.3) is 0 Å².